The van der Waals surface area contributed by atoms with Crippen LogP contribution in [0.5, 0.6) is 0 Å². The third kappa shape index (κ3) is 7.81. The molecule has 0 aliphatic carbocycles. The summed E-state index contributed by atoms with van der Waals surface area (Å²) >= 11 is 0. The lowest BCUT2D eigenvalue weighted by molar-refractivity contribution is 0.217. The number of rotatable bonds is 8. The largest absolute Gasteiger partial charge is 0.384 e. The molecule has 7 nitrogen and oxygen atoms in total. The summed E-state index contributed by atoms with van der Waals surface area (Å²) in [5, 5.41) is 3.27. The monoisotopic (exact) mass is 222 g/mol. The fourth-order valence-corrected chi connectivity index (χ4v) is 1.67. The van der Waals surface area contributed by atoms with E-state index in [4.69, 9.17) is 5.53 Å². The van der Waals surface area contributed by atoms with E-state index >= 15 is 0 Å². The Morgan fingerprint density at radius 2 is 2.29 bits per heavy atom. The number of sulfonamides is 1. The van der Waals surface area contributed by atoms with Crippen LogP contribution in [0.2, 0.25) is 0 Å². The highest BCUT2D eigenvalue weighted by Crippen LogP contribution is 1.86. The SMILES string of the molecule is COCCS(=O)(=O)NCCCN=[N+]=[N-]. The standard InChI is InChI=1S/C6H14N4O3S/c1-13-5-6-14(11,12)9-4-2-3-8-10-7/h9H,2-6H2,1H3. The van der Waals surface area contributed by atoms with Gasteiger partial charge in [-0.1, -0.05) is 5.11 Å². The second kappa shape index (κ2) is 7.57. The first-order valence-electron chi connectivity index (χ1n) is 4.09. The molecular weight excluding hydrogens is 208 g/mol. The van der Waals surface area contributed by atoms with Crippen LogP contribution in [0.1, 0.15) is 6.42 Å². The Kier molecular flexibility index (Phi) is 7.13. The van der Waals surface area contributed by atoms with Crippen LogP contribution in [-0.4, -0.2) is 41.0 Å². The summed E-state index contributed by atoms with van der Waals surface area (Å²) in [6.07, 6.45) is 0.496. The van der Waals surface area contributed by atoms with Gasteiger partial charge in [0, 0.05) is 25.1 Å². The van der Waals surface area contributed by atoms with Crippen LogP contribution < -0.4 is 4.72 Å². The van der Waals surface area contributed by atoms with Crippen LogP contribution in [-0.2, 0) is 14.8 Å². The third-order valence-corrected chi connectivity index (χ3v) is 2.72. The van der Waals surface area contributed by atoms with Gasteiger partial charge in [-0.3, -0.25) is 0 Å². The summed E-state index contributed by atoms with van der Waals surface area (Å²) in [6.45, 7) is 0.750. The predicted octanol–water partition coefficient (Wildman–Crippen LogP) is 0.253. The van der Waals surface area contributed by atoms with Gasteiger partial charge in [0.1, 0.15) is 0 Å². The zero-order valence-corrected chi connectivity index (χ0v) is 8.83. The van der Waals surface area contributed by atoms with Gasteiger partial charge < -0.3 is 4.74 Å². The lowest BCUT2D eigenvalue weighted by Crippen LogP contribution is -2.29. The van der Waals surface area contributed by atoms with Gasteiger partial charge >= 0.3 is 0 Å². The molecule has 0 aliphatic heterocycles. The molecule has 1 N–H and O–H groups in total. The molecule has 82 valence electrons. The molecular formula is C6H14N4O3S. The second-order valence-corrected chi connectivity index (χ2v) is 4.44. The van der Waals surface area contributed by atoms with E-state index in [0.29, 0.717) is 13.0 Å². The van der Waals surface area contributed by atoms with Gasteiger partial charge in [-0.05, 0) is 12.0 Å². The van der Waals surface area contributed by atoms with Crippen molar-refractivity contribution < 1.29 is 13.2 Å². The van der Waals surface area contributed by atoms with E-state index in [-0.39, 0.29) is 18.9 Å². The maximum Gasteiger partial charge on any atom is 0.213 e. The molecule has 0 heterocycles. The molecule has 0 unspecified atom stereocenters. The minimum atomic E-state index is -3.24. The van der Waals surface area contributed by atoms with Gasteiger partial charge in [0.05, 0.1) is 12.4 Å². The molecule has 0 fully saturated rings. The fourth-order valence-electron chi connectivity index (χ4n) is 0.687. The Balaban J connectivity index is 3.60. The molecule has 0 rings (SSSR count). The minimum absolute atomic E-state index is 0.0506. The van der Waals surface area contributed by atoms with Gasteiger partial charge in [-0.2, -0.15) is 0 Å². The number of nitrogens with zero attached hydrogens (tertiary/aromatic N) is 3. The molecule has 0 aliphatic rings. The van der Waals surface area contributed by atoms with Gasteiger partial charge in [-0.15, -0.1) is 0 Å². The highest BCUT2D eigenvalue weighted by molar-refractivity contribution is 7.89. The molecule has 0 saturated heterocycles. The van der Waals surface area contributed by atoms with Crippen LogP contribution in [0, 0.1) is 0 Å². The number of methoxy groups -OCH3 is 1. The van der Waals surface area contributed by atoms with E-state index in [2.05, 4.69) is 19.5 Å². The Labute approximate surface area is 83.1 Å². The second-order valence-electron chi connectivity index (χ2n) is 2.51. The maximum absolute atomic E-state index is 11.1. The summed E-state index contributed by atoms with van der Waals surface area (Å²) in [4.78, 5) is 2.55. The summed E-state index contributed by atoms with van der Waals surface area (Å²) in [7, 11) is -1.80. The first-order chi connectivity index (χ1) is 6.62. The molecule has 0 saturated carbocycles. The van der Waals surface area contributed by atoms with E-state index in [1.807, 2.05) is 0 Å². The van der Waals surface area contributed by atoms with Gasteiger partial charge in [-0.25, -0.2) is 13.1 Å². The van der Waals surface area contributed by atoms with Crippen LogP contribution in [0.25, 0.3) is 10.4 Å². The number of hydrogen-bond acceptors (Lipinski definition) is 4. The first-order valence-corrected chi connectivity index (χ1v) is 5.75. The van der Waals surface area contributed by atoms with Crippen molar-refractivity contribution in [3.8, 4) is 0 Å². The highest BCUT2D eigenvalue weighted by Gasteiger charge is 2.07. The lowest BCUT2D eigenvalue weighted by atomic mass is 10.4. The van der Waals surface area contributed by atoms with Crippen molar-refractivity contribution in [2.75, 3.05) is 32.6 Å². The summed E-state index contributed by atoms with van der Waals surface area (Å²) in [5.74, 6) is -0.0506. The molecule has 0 aromatic heterocycles. The number of azide groups is 1. The molecule has 0 aromatic rings. The molecule has 8 heteroatoms. The van der Waals surface area contributed by atoms with Gasteiger partial charge in [0.25, 0.3) is 0 Å². The van der Waals surface area contributed by atoms with Crippen molar-refractivity contribution in [3.63, 3.8) is 0 Å². The molecule has 0 atom stereocenters. The summed E-state index contributed by atoms with van der Waals surface area (Å²) < 4.78 is 29.3. The van der Waals surface area contributed by atoms with Gasteiger partial charge in [0.15, 0.2) is 0 Å². The van der Waals surface area contributed by atoms with Crippen LogP contribution >= 0.6 is 0 Å². The van der Waals surface area contributed by atoms with Crippen molar-refractivity contribution >= 4 is 10.0 Å². The van der Waals surface area contributed by atoms with E-state index in [9.17, 15) is 8.42 Å². The lowest BCUT2D eigenvalue weighted by Gasteiger charge is -2.04. The van der Waals surface area contributed by atoms with Crippen LogP contribution in [0.3, 0.4) is 0 Å². The zero-order valence-electron chi connectivity index (χ0n) is 8.01. The van der Waals surface area contributed by atoms with Crippen molar-refractivity contribution in [2.24, 2.45) is 5.11 Å². The van der Waals surface area contributed by atoms with E-state index < -0.39 is 10.0 Å². The average Bonchev–Trinajstić information content (AvgIpc) is 2.15. The van der Waals surface area contributed by atoms with Crippen molar-refractivity contribution in [1.82, 2.24) is 4.72 Å². The molecule has 0 amide bonds. The Morgan fingerprint density at radius 1 is 1.57 bits per heavy atom. The molecule has 14 heavy (non-hydrogen) atoms. The zero-order chi connectivity index (χ0) is 10.9. The topological polar surface area (TPSA) is 104 Å². The van der Waals surface area contributed by atoms with Crippen molar-refractivity contribution in [1.29, 1.82) is 0 Å². The first kappa shape index (κ1) is 13.2. The Hall–Kier alpha value is -0.820. The summed E-state index contributed by atoms with van der Waals surface area (Å²) in [6, 6.07) is 0. The highest BCUT2D eigenvalue weighted by atomic mass is 32.2. The van der Waals surface area contributed by atoms with Crippen LogP contribution in [0.15, 0.2) is 5.11 Å². The number of ether oxygens (including phenoxy) is 1. The smallest absolute Gasteiger partial charge is 0.213 e. The van der Waals surface area contributed by atoms with Crippen molar-refractivity contribution in [3.05, 3.63) is 10.4 Å². The summed E-state index contributed by atoms with van der Waals surface area (Å²) in [5.41, 5.74) is 7.94. The van der Waals surface area contributed by atoms with Gasteiger partial charge in [0.2, 0.25) is 10.0 Å². The third-order valence-electron chi connectivity index (χ3n) is 1.38. The maximum atomic E-state index is 11.1. The van der Waals surface area contributed by atoms with Crippen molar-refractivity contribution in [2.45, 2.75) is 6.42 Å². The van der Waals surface area contributed by atoms with E-state index in [1.165, 1.54) is 7.11 Å². The number of hydrogen-bond donors (Lipinski definition) is 1. The van der Waals surface area contributed by atoms with E-state index in [0.717, 1.165) is 0 Å². The fraction of sp³-hybridized carbons (Fsp3) is 1.00. The van der Waals surface area contributed by atoms with E-state index in [1.54, 1.807) is 0 Å². The normalized spacial score (nSPS) is 10.9. The predicted molar refractivity (Wildman–Crippen MR) is 52.3 cm³/mol. The minimum Gasteiger partial charge on any atom is -0.384 e. The average molecular weight is 222 g/mol. The molecule has 0 aromatic carbocycles. The quantitative estimate of drug-likeness (QED) is 0.275. The number of nitrogens with one attached hydrogen (secondary N) is 1. The molecule has 0 bridgehead atoms. The molecule has 0 radical (unpaired) electrons. The Bertz CT molecular complexity index is 283. The Morgan fingerprint density at radius 3 is 2.86 bits per heavy atom. The molecule has 0 spiro atoms. The van der Waals surface area contributed by atoms with Crippen LogP contribution in [0.4, 0.5) is 0 Å².